The Hall–Kier alpha value is -1.42. The van der Waals surface area contributed by atoms with E-state index in [9.17, 15) is 9.18 Å². The van der Waals surface area contributed by atoms with E-state index in [1.165, 1.54) is 31.4 Å². The van der Waals surface area contributed by atoms with Gasteiger partial charge in [0.25, 0.3) is 5.91 Å². The molecule has 0 unspecified atom stereocenters. The number of rotatable bonds is 4. The van der Waals surface area contributed by atoms with E-state index < -0.39 is 0 Å². The van der Waals surface area contributed by atoms with Crippen LogP contribution in [0.1, 0.15) is 29.6 Å². The summed E-state index contributed by atoms with van der Waals surface area (Å²) in [5, 5.41) is 0. The minimum atomic E-state index is -0.365. The third-order valence-corrected chi connectivity index (χ3v) is 3.62. The monoisotopic (exact) mass is 264 g/mol. The summed E-state index contributed by atoms with van der Waals surface area (Å²) in [6.45, 7) is 3.84. The fourth-order valence-electron chi connectivity index (χ4n) is 2.42. The summed E-state index contributed by atoms with van der Waals surface area (Å²) in [5.74, 6) is -0.480. The van der Waals surface area contributed by atoms with E-state index in [0.717, 1.165) is 19.6 Å². The molecule has 4 heteroatoms. The predicted molar refractivity (Wildman–Crippen MR) is 73.7 cm³/mol. The molecule has 0 aliphatic carbocycles. The molecule has 1 aliphatic rings. The third-order valence-electron chi connectivity index (χ3n) is 3.62. The number of hydrogen-bond donors (Lipinski definition) is 0. The van der Waals surface area contributed by atoms with E-state index in [0.29, 0.717) is 12.1 Å². The minimum Gasteiger partial charge on any atom is -0.340 e. The first-order chi connectivity index (χ1) is 9.16. The van der Waals surface area contributed by atoms with Crippen LogP contribution in [-0.4, -0.2) is 48.9 Å². The summed E-state index contributed by atoms with van der Waals surface area (Å²) in [7, 11) is 1.77. The summed E-state index contributed by atoms with van der Waals surface area (Å²) in [5.41, 5.74) is 0.418. The van der Waals surface area contributed by atoms with Gasteiger partial charge in [0, 0.05) is 25.7 Å². The van der Waals surface area contributed by atoms with Gasteiger partial charge >= 0.3 is 0 Å². The van der Waals surface area contributed by atoms with Crippen molar-refractivity contribution < 1.29 is 9.18 Å². The average molecular weight is 264 g/mol. The largest absolute Gasteiger partial charge is 0.340 e. The maximum Gasteiger partial charge on any atom is 0.253 e. The van der Waals surface area contributed by atoms with Gasteiger partial charge in [0.05, 0.1) is 0 Å². The first-order valence-electron chi connectivity index (χ1n) is 6.90. The normalized spacial score (nSPS) is 16.3. The van der Waals surface area contributed by atoms with Crippen LogP contribution >= 0.6 is 0 Å². The van der Waals surface area contributed by atoms with E-state index in [2.05, 4.69) is 4.90 Å². The number of halogens is 1. The van der Waals surface area contributed by atoms with Gasteiger partial charge in [-0.1, -0.05) is 12.5 Å². The molecule has 2 rings (SSSR count). The van der Waals surface area contributed by atoms with Gasteiger partial charge in [-0.15, -0.1) is 0 Å². The summed E-state index contributed by atoms with van der Waals surface area (Å²) in [6.07, 6.45) is 3.82. The Morgan fingerprint density at radius 3 is 2.74 bits per heavy atom. The van der Waals surface area contributed by atoms with Crippen LogP contribution in [0.15, 0.2) is 24.3 Å². The van der Waals surface area contributed by atoms with Crippen molar-refractivity contribution in [3.8, 4) is 0 Å². The maximum absolute atomic E-state index is 13.1. The van der Waals surface area contributed by atoms with Gasteiger partial charge < -0.3 is 9.80 Å². The molecule has 0 aromatic heterocycles. The highest BCUT2D eigenvalue weighted by molar-refractivity contribution is 5.94. The number of likely N-dealkylation sites (tertiary alicyclic amines) is 1. The summed E-state index contributed by atoms with van der Waals surface area (Å²) >= 11 is 0. The first-order valence-corrected chi connectivity index (χ1v) is 6.90. The van der Waals surface area contributed by atoms with Crippen molar-refractivity contribution in [3.63, 3.8) is 0 Å². The highest BCUT2D eigenvalue weighted by Gasteiger charge is 2.15. The number of piperidine rings is 1. The lowest BCUT2D eigenvalue weighted by atomic mass is 10.1. The number of nitrogens with zero attached hydrogens (tertiary/aromatic N) is 2. The Balaban J connectivity index is 1.85. The molecular weight excluding hydrogens is 243 g/mol. The first kappa shape index (κ1) is 14.0. The Morgan fingerprint density at radius 1 is 1.32 bits per heavy atom. The lowest BCUT2D eigenvalue weighted by Crippen LogP contribution is -2.38. The molecule has 1 amide bonds. The molecular formula is C15H21FN2O. The summed E-state index contributed by atoms with van der Waals surface area (Å²) < 4.78 is 13.1. The summed E-state index contributed by atoms with van der Waals surface area (Å²) in [6, 6.07) is 5.87. The van der Waals surface area contributed by atoms with E-state index in [1.807, 2.05) is 0 Å². The molecule has 1 aliphatic heterocycles. The van der Waals surface area contributed by atoms with Crippen LogP contribution < -0.4 is 0 Å². The van der Waals surface area contributed by atoms with E-state index in [1.54, 1.807) is 24.1 Å². The number of benzene rings is 1. The molecule has 0 bridgehead atoms. The Bertz CT molecular complexity index is 430. The van der Waals surface area contributed by atoms with Crippen LogP contribution in [0.5, 0.6) is 0 Å². The van der Waals surface area contributed by atoms with Crippen molar-refractivity contribution >= 4 is 5.91 Å². The number of hydrogen-bond acceptors (Lipinski definition) is 2. The Morgan fingerprint density at radius 2 is 2.05 bits per heavy atom. The van der Waals surface area contributed by atoms with Gasteiger partial charge in [-0.05, 0) is 44.1 Å². The van der Waals surface area contributed by atoms with E-state index in [4.69, 9.17) is 0 Å². The molecule has 0 atom stereocenters. The van der Waals surface area contributed by atoms with Gasteiger partial charge in [-0.25, -0.2) is 4.39 Å². The Labute approximate surface area is 114 Å². The lowest BCUT2D eigenvalue weighted by molar-refractivity contribution is 0.0772. The minimum absolute atomic E-state index is 0.114. The smallest absolute Gasteiger partial charge is 0.253 e. The lowest BCUT2D eigenvalue weighted by Gasteiger charge is -2.28. The fraction of sp³-hybridized carbons (Fsp3) is 0.533. The standard InChI is InChI=1S/C15H21FN2O/c1-17(10-11-18-8-3-2-4-9-18)15(19)13-6-5-7-14(16)12-13/h5-7,12H,2-4,8-11H2,1H3. The molecule has 0 spiro atoms. The third kappa shape index (κ3) is 4.03. The van der Waals surface area contributed by atoms with Gasteiger partial charge in [-0.3, -0.25) is 4.79 Å². The second-order valence-corrected chi connectivity index (χ2v) is 5.14. The molecule has 1 fully saturated rings. The van der Waals surface area contributed by atoms with E-state index >= 15 is 0 Å². The molecule has 0 saturated carbocycles. The molecule has 104 valence electrons. The van der Waals surface area contributed by atoms with Crippen LogP contribution in [0.25, 0.3) is 0 Å². The molecule has 1 heterocycles. The van der Waals surface area contributed by atoms with Crippen molar-refractivity contribution in [1.29, 1.82) is 0 Å². The van der Waals surface area contributed by atoms with Crippen molar-refractivity contribution in [3.05, 3.63) is 35.6 Å². The number of amides is 1. The maximum atomic E-state index is 13.1. The second-order valence-electron chi connectivity index (χ2n) is 5.14. The van der Waals surface area contributed by atoms with Gasteiger partial charge in [0.1, 0.15) is 5.82 Å². The molecule has 0 N–H and O–H groups in total. The summed E-state index contributed by atoms with van der Waals surface area (Å²) in [4.78, 5) is 16.2. The zero-order chi connectivity index (χ0) is 13.7. The fourth-order valence-corrected chi connectivity index (χ4v) is 2.42. The molecule has 1 aromatic rings. The average Bonchev–Trinajstić information content (AvgIpc) is 2.45. The van der Waals surface area contributed by atoms with Crippen LogP contribution in [0.3, 0.4) is 0 Å². The molecule has 3 nitrogen and oxygen atoms in total. The van der Waals surface area contributed by atoms with Crippen LogP contribution in [-0.2, 0) is 0 Å². The highest BCUT2D eigenvalue weighted by Crippen LogP contribution is 2.09. The van der Waals surface area contributed by atoms with Crippen LogP contribution in [0.4, 0.5) is 4.39 Å². The topological polar surface area (TPSA) is 23.6 Å². The zero-order valence-corrected chi connectivity index (χ0v) is 11.4. The van der Waals surface area contributed by atoms with Gasteiger partial charge in [0.2, 0.25) is 0 Å². The number of likely N-dealkylation sites (N-methyl/N-ethyl adjacent to an activating group) is 1. The molecule has 0 radical (unpaired) electrons. The second kappa shape index (κ2) is 6.66. The van der Waals surface area contributed by atoms with Gasteiger partial charge in [-0.2, -0.15) is 0 Å². The van der Waals surface area contributed by atoms with Crippen LogP contribution in [0.2, 0.25) is 0 Å². The van der Waals surface area contributed by atoms with Crippen molar-refractivity contribution in [2.45, 2.75) is 19.3 Å². The highest BCUT2D eigenvalue weighted by atomic mass is 19.1. The predicted octanol–water partition coefficient (Wildman–Crippen LogP) is 2.38. The number of carbonyl (C=O) groups excluding carboxylic acids is 1. The van der Waals surface area contributed by atoms with Crippen molar-refractivity contribution in [2.75, 3.05) is 33.2 Å². The van der Waals surface area contributed by atoms with Crippen LogP contribution in [0, 0.1) is 5.82 Å². The van der Waals surface area contributed by atoms with Crippen molar-refractivity contribution in [2.24, 2.45) is 0 Å². The quantitative estimate of drug-likeness (QED) is 0.833. The Kier molecular flexibility index (Phi) is 4.91. The zero-order valence-electron chi connectivity index (χ0n) is 11.4. The molecule has 1 saturated heterocycles. The SMILES string of the molecule is CN(CCN1CCCCC1)C(=O)c1cccc(F)c1. The van der Waals surface area contributed by atoms with E-state index in [-0.39, 0.29) is 11.7 Å². The number of carbonyl (C=O) groups is 1. The molecule has 1 aromatic carbocycles. The molecule has 19 heavy (non-hydrogen) atoms. The van der Waals surface area contributed by atoms with Crippen molar-refractivity contribution in [1.82, 2.24) is 9.80 Å². The van der Waals surface area contributed by atoms with Gasteiger partial charge in [0.15, 0.2) is 0 Å².